The Hall–Kier alpha value is -3.58. The van der Waals surface area contributed by atoms with Crippen LogP contribution < -0.4 is 32.3 Å². The molecule has 0 aromatic heterocycles. The predicted molar refractivity (Wildman–Crippen MR) is 166 cm³/mol. The van der Waals surface area contributed by atoms with Crippen LogP contribution in [0.1, 0.15) is 46.5 Å². The highest BCUT2D eigenvalue weighted by Crippen LogP contribution is 2.21. The van der Waals surface area contributed by atoms with Gasteiger partial charge in [0.25, 0.3) is 0 Å². The molecule has 0 aromatic rings. The van der Waals surface area contributed by atoms with Crippen LogP contribution >= 0.6 is 25.3 Å². The fourth-order valence-corrected chi connectivity index (χ4v) is 4.88. The van der Waals surface area contributed by atoms with Crippen molar-refractivity contribution in [3.8, 4) is 0 Å². The van der Waals surface area contributed by atoms with Crippen molar-refractivity contribution >= 4 is 72.6 Å². The van der Waals surface area contributed by atoms with E-state index in [2.05, 4.69) is 51.8 Å². The number of rotatable bonds is 18. The molecule has 17 nitrogen and oxygen atoms in total. The minimum atomic E-state index is -1.63. The Labute approximate surface area is 271 Å². The Balaban J connectivity index is 3.12. The monoisotopic (exact) mass is 677 g/mol. The SMILES string of the molecule is CC(C)C[C@H](NC(=O)[C@H](CC(=O)O)NC(=O)[C@H](CS)NC(=O)[C@H](C)N)C(=O)N1CCC[C@H]1C(=O)N[C@@H](CS)C(=O)NCC(=O)O. The Kier molecular flexibility index (Phi) is 16.7. The van der Waals surface area contributed by atoms with Gasteiger partial charge in [0.05, 0.1) is 12.5 Å². The average Bonchev–Trinajstić information content (AvgIpc) is 3.45. The van der Waals surface area contributed by atoms with E-state index in [0.717, 1.165) is 0 Å². The molecule has 45 heavy (non-hydrogen) atoms. The molecule has 6 amide bonds. The summed E-state index contributed by atoms with van der Waals surface area (Å²) in [7, 11) is 0. The number of amides is 6. The lowest BCUT2D eigenvalue weighted by Gasteiger charge is -2.31. The molecule has 254 valence electrons. The van der Waals surface area contributed by atoms with Crippen LogP contribution in [0, 0.1) is 5.92 Å². The van der Waals surface area contributed by atoms with Crippen molar-refractivity contribution in [2.24, 2.45) is 11.7 Å². The van der Waals surface area contributed by atoms with Crippen molar-refractivity contribution in [1.29, 1.82) is 0 Å². The van der Waals surface area contributed by atoms with Gasteiger partial charge in [-0.3, -0.25) is 38.4 Å². The topological polar surface area (TPSA) is 266 Å². The lowest BCUT2D eigenvalue weighted by molar-refractivity contribution is -0.144. The normalized spacial score (nSPS) is 17.7. The molecule has 19 heteroatoms. The molecule has 0 aromatic carbocycles. The molecular formula is C26H43N7O10S2. The molecule has 0 unspecified atom stereocenters. The lowest BCUT2D eigenvalue weighted by Crippen LogP contribution is -2.60. The number of likely N-dealkylation sites (tertiary alicyclic amines) is 1. The van der Waals surface area contributed by atoms with E-state index in [0.29, 0.717) is 6.42 Å². The van der Waals surface area contributed by atoms with E-state index >= 15 is 0 Å². The van der Waals surface area contributed by atoms with E-state index in [1.54, 1.807) is 13.8 Å². The first-order valence-electron chi connectivity index (χ1n) is 14.2. The number of nitrogens with zero attached hydrogens (tertiary/aromatic N) is 1. The van der Waals surface area contributed by atoms with Crippen molar-refractivity contribution < 1.29 is 48.6 Å². The quantitative estimate of drug-likeness (QED) is 0.0647. The van der Waals surface area contributed by atoms with Gasteiger partial charge in [-0.05, 0) is 32.1 Å². The second-order valence-electron chi connectivity index (χ2n) is 10.9. The molecule has 0 aliphatic carbocycles. The highest BCUT2D eigenvalue weighted by atomic mass is 32.1. The summed E-state index contributed by atoms with van der Waals surface area (Å²) in [5, 5.41) is 30.0. The predicted octanol–water partition coefficient (Wildman–Crippen LogP) is -3.15. The molecule has 0 spiro atoms. The number of hydrogen-bond acceptors (Lipinski definition) is 11. The van der Waals surface area contributed by atoms with Gasteiger partial charge in [0.15, 0.2) is 0 Å². The van der Waals surface area contributed by atoms with Crippen LogP contribution in [-0.2, 0) is 38.4 Å². The van der Waals surface area contributed by atoms with Crippen LogP contribution in [0.2, 0.25) is 0 Å². The Morgan fingerprint density at radius 1 is 0.778 bits per heavy atom. The number of carbonyl (C=O) groups excluding carboxylic acids is 6. The lowest BCUT2D eigenvalue weighted by atomic mass is 10.0. The third-order valence-corrected chi connectivity index (χ3v) is 7.36. The second-order valence-corrected chi connectivity index (χ2v) is 11.7. The molecule has 1 aliphatic heterocycles. The number of carboxylic acid groups (broad SMARTS) is 2. The fraction of sp³-hybridized carbons (Fsp3) is 0.692. The van der Waals surface area contributed by atoms with Gasteiger partial charge in [0, 0.05) is 18.1 Å². The van der Waals surface area contributed by atoms with E-state index in [1.165, 1.54) is 11.8 Å². The third-order valence-electron chi connectivity index (χ3n) is 6.63. The average molecular weight is 678 g/mol. The summed E-state index contributed by atoms with van der Waals surface area (Å²) in [6.45, 7) is 4.44. The van der Waals surface area contributed by atoms with Crippen molar-refractivity contribution in [2.75, 3.05) is 24.6 Å². The summed E-state index contributed by atoms with van der Waals surface area (Å²) in [6.07, 6.45) is -0.0704. The van der Waals surface area contributed by atoms with Gasteiger partial charge < -0.3 is 47.4 Å². The summed E-state index contributed by atoms with van der Waals surface area (Å²) >= 11 is 8.07. The molecule has 1 saturated heterocycles. The highest BCUT2D eigenvalue weighted by Gasteiger charge is 2.40. The number of nitrogens with two attached hydrogens (primary N) is 1. The summed E-state index contributed by atoms with van der Waals surface area (Å²) in [6, 6.07) is -7.22. The van der Waals surface area contributed by atoms with Crippen LogP contribution in [-0.4, -0.2) is 123 Å². The molecule has 0 saturated carbocycles. The minimum absolute atomic E-state index is 0.101. The van der Waals surface area contributed by atoms with Crippen LogP contribution in [0.5, 0.6) is 0 Å². The molecule has 1 heterocycles. The first-order chi connectivity index (χ1) is 21.0. The number of hydrogen-bond donors (Lipinski definition) is 10. The Morgan fingerprint density at radius 3 is 1.82 bits per heavy atom. The fourth-order valence-electron chi connectivity index (χ4n) is 4.37. The first-order valence-corrected chi connectivity index (χ1v) is 15.5. The summed E-state index contributed by atoms with van der Waals surface area (Å²) in [5.74, 6) is -7.81. The van der Waals surface area contributed by atoms with Crippen LogP contribution in [0.25, 0.3) is 0 Å². The van der Waals surface area contributed by atoms with E-state index in [-0.39, 0.29) is 36.8 Å². The van der Waals surface area contributed by atoms with E-state index in [9.17, 15) is 43.5 Å². The van der Waals surface area contributed by atoms with Crippen LogP contribution in [0.15, 0.2) is 0 Å². The van der Waals surface area contributed by atoms with Gasteiger partial charge in [0.2, 0.25) is 35.4 Å². The van der Waals surface area contributed by atoms with Gasteiger partial charge in [-0.25, -0.2) is 0 Å². The maximum absolute atomic E-state index is 13.7. The number of thiol groups is 2. The largest absolute Gasteiger partial charge is 0.481 e. The number of nitrogens with one attached hydrogen (secondary N) is 5. The van der Waals surface area contributed by atoms with Gasteiger partial charge in [0.1, 0.15) is 36.8 Å². The van der Waals surface area contributed by atoms with Crippen molar-refractivity contribution in [1.82, 2.24) is 31.5 Å². The molecule has 6 atom stereocenters. The van der Waals surface area contributed by atoms with E-state index < -0.39 is 96.6 Å². The Morgan fingerprint density at radius 2 is 1.31 bits per heavy atom. The molecule has 1 fully saturated rings. The first kappa shape index (κ1) is 39.4. The summed E-state index contributed by atoms with van der Waals surface area (Å²) in [5.41, 5.74) is 5.51. The molecule has 0 bridgehead atoms. The summed E-state index contributed by atoms with van der Waals surface area (Å²) in [4.78, 5) is 101. The van der Waals surface area contributed by atoms with Crippen molar-refractivity contribution in [3.63, 3.8) is 0 Å². The van der Waals surface area contributed by atoms with E-state index in [4.69, 9.17) is 10.8 Å². The zero-order valence-electron chi connectivity index (χ0n) is 25.3. The minimum Gasteiger partial charge on any atom is -0.481 e. The highest BCUT2D eigenvalue weighted by molar-refractivity contribution is 7.80. The molecular weight excluding hydrogens is 634 g/mol. The van der Waals surface area contributed by atoms with Crippen molar-refractivity contribution in [2.45, 2.75) is 82.7 Å². The van der Waals surface area contributed by atoms with E-state index in [1.807, 2.05) is 0 Å². The number of aliphatic carboxylic acids is 2. The molecule has 9 N–H and O–H groups in total. The zero-order valence-corrected chi connectivity index (χ0v) is 27.1. The molecule has 1 aliphatic rings. The third kappa shape index (κ3) is 13.1. The van der Waals surface area contributed by atoms with Gasteiger partial charge in [-0.2, -0.15) is 25.3 Å². The van der Waals surface area contributed by atoms with Crippen LogP contribution in [0.4, 0.5) is 0 Å². The van der Waals surface area contributed by atoms with Crippen molar-refractivity contribution in [3.05, 3.63) is 0 Å². The standard InChI is InChI=1S/C26H43N7O10S2/c1-12(2)7-15(30-23(40)14(8-19(34)35)29-24(41)17(11-45)31-21(38)13(3)27)26(43)33-6-4-5-18(33)25(42)32-16(10-44)22(39)28-9-20(36)37/h12-18,44-45H,4-11,27H2,1-3H3,(H,28,39)(H,29,41)(H,30,40)(H,31,38)(H,32,42)(H,34,35)(H,36,37)/t13-,14-,15-,16-,17-,18-/m0/s1. The van der Waals surface area contributed by atoms with Gasteiger partial charge in [-0.15, -0.1) is 0 Å². The number of carboxylic acids is 2. The molecule has 1 rings (SSSR count). The zero-order chi connectivity index (χ0) is 34.4. The van der Waals surface area contributed by atoms with Crippen LogP contribution in [0.3, 0.4) is 0 Å². The smallest absolute Gasteiger partial charge is 0.322 e. The number of carbonyl (C=O) groups is 8. The maximum atomic E-state index is 13.7. The molecule has 0 radical (unpaired) electrons. The second kappa shape index (κ2) is 19.1. The van der Waals surface area contributed by atoms with Gasteiger partial charge in [-0.1, -0.05) is 13.8 Å². The maximum Gasteiger partial charge on any atom is 0.322 e. The summed E-state index contributed by atoms with van der Waals surface area (Å²) < 4.78 is 0. The Bertz CT molecular complexity index is 1120. The van der Waals surface area contributed by atoms with Gasteiger partial charge >= 0.3 is 11.9 Å².